The Labute approximate surface area is 112 Å². The molecule has 0 saturated heterocycles. The molecule has 3 nitrogen and oxygen atoms in total. The number of thioether (sulfide) groups is 1. The van der Waals surface area contributed by atoms with E-state index in [1.165, 1.54) is 0 Å². The largest absolute Gasteiger partial charge is 0.335 e. The summed E-state index contributed by atoms with van der Waals surface area (Å²) in [5.74, 6) is 0.649. The molecular weight excluding hydrogens is 242 g/mol. The van der Waals surface area contributed by atoms with Crippen LogP contribution in [0.5, 0.6) is 0 Å². The molecule has 0 amide bonds. The molecule has 0 bridgehead atoms. The van der Waals surface area contributed by atoms with Gasteiger partial charge in [0.05, 0.1) is 19.0 Å². The quantitative estimate of drug-likeness (QED) is 0.906. The van der Waals surface area contributed by atoms with Crippen LogP contribution < -0.4 is 5.32 Å². The van der Waals surface area contributed by atoms with Crippen LogP contribution in [0.2, 0.25) is 0 Å². The van der Waals surface area contributed by atoms with Crippen LogP contribution in [0.15, 0.2) is 29.3 Å². The van der Waals surface area contributed by atoms with Gasteiger partial charge < -0.3 is 5.32 Å². The van der Waals surface area contributed by atoms with Gasteiger partial charge in [-0.3, -0.25) is 4.99 Å². The fourth-order valence-corrected chi connectivity index (χ4v) is 2.76. The Bertz CT molecular complexity index is 471. The van der Waals surface area contributed by atoms with E-state index in [0.717, 1.165) is 23.0 Å². The molecule has 1 aliphatic heterocycles. The van der Waals surface area contributed by atoms with Crippen LogP contribution in [0.25, 0.3) is 0 Å². The smallest absolute Gasteiger partial charge is 0.161 e. The first-order valence-corrected chi connectivity index (χ1v) is 7.01. The fraction of sp³-hybridized carbons (Fsp3) is 0.429. The normalized spacial score (nSPS) is 18.6. The molecule has 1 aromatic rings. The summed E-state index contributed by atoms with van der Waals surface area (Å²) in [5, 5.41) is 13.5. The van der Waals surface area contributed by atoms with E-state index in [4.69, 9.17) is 5.26 Å². The highest BCUT2D eigenvalue weighted by Crippen LogP contribution is 2.27. The number of anilines is 1. The van der Waals surface area contributed by atoms with E-state index < -0.39 is 0 Å². The fourth-order valence-electron chi connectivity index (χ4n) is 1.73. The zero-order chi connectivity index (χ0) is 13.0. The summed E-state index contributed by atoms with van der Waals surface area (Å²) in [5.41, 5.74) is 2.08. The standard InChI is InChI=1S/C14H17N3S/c1-10(2)13-9-16-14(18-13)17-12-5-3-11(4-6-12)7-8-15/h3-6,10,13H,7,9H2,1-2H3,(H,16,17). The summed E-state index contributed by atoms with van der Waals surface area (Å²) in [6.45, 7) is 5.36. The highest BCUT2D eigenvalue weighted by atomic mass is 32.2. The first-order chi connectivity index (χ1) is 8.69. The number of nitrogens with one attached hydrogen (secondary N) is 1. The second kappa shape index (κ2) is 5.92. The van der Waals surface area contributed by atoms with Crippen LogP contribution in [0.4, 0.5) is 5.69 Å². The van der Waals surface area contributed by atoms with Crippen LogP contribution in [0.3, 0.4) is 0 Å². The van der Waals surface area contributed by atoms with E-state index >= 15 is 0 Å². The molecule has 0 aromatic heterocycles. The molecule has 0 radical (unpaired) electrons. The molecule has 0 fully saturated rings. The molecule has 1 atom stereocenters. The van der Waals surface area contributed by atoms with Crippen molar-refractivity contribution in [3.63, 3.8) is 0 Å². The first-order valence-electron chi connectivity index (χ1n) is 6.13. The second-order valence-corrected chi connectivity index (χ2v) is 5.93. The number of rotatable bonds is 3. The van der Waals surface area contributed by atoms with Crippen LogP contribution >= 0.6 is 11.8 Å². The molecule has 2 rings (SSSR count). The van der Waals surface area contributed by atoms with E-state index in [0.29, 0.717) is 17.6 Å². The third-order valence-electron chi connectivity index (χ3n) is 2.91. The molecule has 0 saturated carbocycles. The maximum Gasteiger partial charge on any atom is 0.161 e. The number of benzene rings is 1. The summed E-state index contributed by atoms with van der Waals surface area (Å²) >= 11 is 1.81. The Morgan fingerprint density at radius 3 is 2.72 bits per heavy atom. The van der Waals surface area contributed by atoms with Gasteiger partial charge in [0.2, 0.25) is 0 Å². The lowest BCUT2D eigenvalue weighted by molar-refractivity contribution is 0.621. The second-order valence-electron chi connectivity index (χ2n) is 4.70. The van der Waals surface area contributed by atoms with Crippen LogP contribution in [-0.2, 0) is 6.42 Å². The summed E-state index contributed by atoms with van der Waals surface area (Å²) in [7, 11) is 0. The Balaban J connectivity index is 1.93. The average molecular weight is 259 g/mol. The van der Waals surface area contributed by atoms with Crippen molar-refractivity contribution in [2.45, 2.75) is 25.5 Å². The van der Waals surface area contributed by atoms with Gasteiger partial charge in [-0.25, -0.2) is 0 Å². The lowest BCUT2D eigenvalue weighted by Crippen LogP contribution is -2.13. The molecule has 0 spiro atoms. The molecule has 1 heterocycles. The lowest BCUT2D eigenvalue weighted by Gasteiger charge is -2.12. The van der Waals surface area contributed by atoms with Crippen molar-refractivity contribution in [1.82, 2.24) is 0 Å². The molecule has 4 heteroatoms. The van der Waals surface area contributed by atoms with Crippen molar-refractivity contribution in [3.05, 3.63) is 29.8 Å². The predicted octanol–water partition coefficient (Wildman–Crippen LogP) is 3.29. The Morgan fingerprint density at radius 2 is 2.17 bits per heavy atom. The molecule has 1 aromatic carbocycles. The van der Waals surface area contributed by atoms with Gasteiger partial charge in [0.1, 0.15) is 0 Å². The summed E-state index contributed by atoms with van der Waals surface area (Å²) in [6, 6.07) is 10.1. The number of hydrogen-bond acceptors (Lipinski definition) is 4. The number of aliphatic imine (C=N–C) groups is 1. The minimum Gasteiger partial charge on any atom is -0.335 e. The third kappa shape index (κ3) is 3.27. The highest BCUT2D eigenvalue weighted by Gasteiger charge is 2.22. The topological polar surface area (TPSA) is 48.2 Å². The minimum absolute atomic E-state index is 0.464. The minimum atomic E-state index is 0.464. The van der Waals surface area contributed by atoms with E-state index in [1.54, 1.807) is 0 Å². The molecular formula is C14H17N3S. The molecule has 1 unspecified atom stereocenters. The van der Waals surface area contributed by atoms with Gasteiger partial charge in [-0.1, -0.05) is 37.7 Å². The van der Waals surface area contributed by atoms with E-state index in [9.17, 15) is 0 Å². The van der Waals surface area contributed by atoms with E-state index in [2.05, 4.69) is 30.2 Å². The number of amidine groups is 1. The molecule has 0 aliphatic carbocycles. The van der Waals surface area contributed by atoms with Crippen molar-refractivity contribution in [3.8, 4) is 6.07 Å². The van der Waals surface area contributed by atoms with Crippen LogP contribution in [0, 0.1) is 17.2 Å². The van der Waals surface area contributed by atoms with Crippen molar-refractivity contribution < 1.29 is 0 Å². The van der Waals surface area contributed by atoms with Crippen molar-refractivity contribution in [2.75, 3.05) is 11.9 Å². The van der Waals surface area contributed by atoms with Crippen molar-refractivity contribution in [2.24, 2.45) is 10.9 Å². The third-order valence-corrected chi connectivity index (χ3v) is 4.36. The SMILES string of the molecule is CC(C)C1CN=C(Nc2ccc(CC#N)cc2)S1. The van der Waals surface area contributed by atoms with Gasteiger partial charge in [-0.2, -0.15) is 5.26 Å². The van der Waals surface area contributed by atoms with Crippen LogP contribution in [0.1, 0.15) is 19.4 Å². The van der Waals surface area contributed by atoms with Gasteiger partial charge in [0, 0.05) is 10.9 Å². The molecule has 18 heavy (non-hydrogen) atoms. The molecule has 94 valence electrons. The maximum atomic E-state index is 8.61. The Hall–Kier alpha value is -1.47. The Kier molecular flexibility index (Phi) is 4.27. The number of nitrogens with zero attached hydrogens (tertiary/aromatic N) is 2. The van der Waals surface area contributed by atoms with E-state index in [1.807, 2.05) is 36.0 Å². The van der Waals surface area contributed by atoms with Gasteiger partial charge in [-0.15, -0.1) is 0 Å². The maximum absolute atomic E-state index is 8.61. The molecule has 1 N–H and O–H groups in total. The monoisotopic (exact) mass is 259 g/mol. The lowest BCUT2D eigenvalue weighted by atomic mass is 10.1. The van der Waals surface area contributed by atoms with Gasteiger partial charge in [0.15, 0.2) is 5.17 Å². The van der Waals surface area contributed by atoms with Gasteiger partial charge in [-0.05, 0) is 23.6 Å². The summed E-state index contributed by atoms with van der Waals surface area (Å²) in [4.78, 5) is 4.51. The highest BCUT2D eigenvalue weighted by molar-refractivity contribution is 8.15. The van der Waals surface area contributed by atoms with Gasteiger partial charge in [0.25, 0.3) is 0 Å². The van der Waals surface area contributed by atoms with Crippen molar-refractivity contribution >= 4 is 22.6 Å². The zero-order valence-corrected chi connectivity index (χ0v) is 11.5. The zero-order valence-electron chi connectivity index (χ0n) is 10.7. The number of hydrogen-bond donors (Lipinski definition) is 1. The summed E-state index contributed by atoms with van der Waals surface area (Å²) < 4.78 is 0. The average Bonchev–Trinajstić information content (AvgIpc) is 2.81. The predicted molar refractivity (Wildman–Crippen MR) is 77.9 cm³/mol. The Morgan fingerprint density at radius 1 is 1.44 bits per heavy atom. The van der Waals surface area contributed by atoms with Crippen LogP contribution in [-0.4, -0.2) is 17.0 Å². The summed E-state index contributed by atoms with van der Waals surface area (Å²) in [6.07, 6.45) is 0.464. The first kappa shape index (κ1) is 13.0. The van der Waals surface area contributed by atoms with E-state index in [-0.39, 0.29) is 0 Å². The van der Waals surface area contributed by atoms with Gasteiger partial charge >= 0.3 is 0 Å². The number of nitriles is 1. The van der Waals surface area contributed by atoms with Crippen molar-refractivity contribution in [1.29, 1.82) is 5.26 Å². The molecule has 1 aliphatic rings.